The van der Waals surface area contributed by atoms with Crippen LogP contribution in [0.2, 0.25) is 0 Å². The van der Waals surface area contributed by atoms with Gasteiger partial charge in [0.15, 0.2) is 0 Å². The van der Waals surface area contributed by atoms with Crippen molar-refractivity contribution in [1.82, 2.24) is 10.6 Å². The molecule has 0 heterocycles. The minimum absolute atomic E-state index is 0.125. The van der Waals surface area contributed by atoms with Crippen LogP contribution in [0, 0.1) is 0 Å². The van der Waals surface area contributed by atoms with Crippen LogP contribution in [0.15, 0.2) is 24.3 Å². The molecule has 0 unspecified atom stereocenters. The number of carbonyl (C=O) groups is 2. The number of hydrogen-bond acceptors (Lipinski definition) is 3. The molecule has 110 valence electrons. The molecule has 20 heavy (non-hydrogen) atoms. The lowest BCUT2D eigenvalue weighted by Crippen LogP contribution is -2.32. The Bertz CT molecular complexity index is 429. The normalized spacial score (nSPS) is 9.90. The molecule has 0 bridgehead atoms. The number of unbranched alkanes of at least 4 members (excludes halogenated alkanes) is 1. The molecule has 2 amide bonds. The quantitative estimate of drug-likeness (QED) is 0.561. The van der Waals surface area contributed by atoms with Gasteiger partial charge < -0.3 is 15.4 Å². The molecule has 5 nitrogen and oxygen atoms in total. The highest BCUT2D eigenvalue weighted by molar-refractivity contribution is 5.96. The van der Waals surface area contributed by atoms with Gasteiger partial charge in [-0.15, -0.1) is 0 Å². The third-order valence-electron chi connectivity index (χ3n) is 2.82. The number of carbonyl (C=O) groups excluding carboxylic acids is 2. The number of ether oxygens (including phenoxy) is 1. The van der Waals surface area contributed by atoms with Crippen molar-refractivity contribution >= 4 is 11.8 Å². The summed E-state index contributed by atoms with van der Waals surface area (Å²) in [5.41, 5.74) is 0.963. The van der Waals surface area contributed by atoms with Gasteiger partial charge in [0.05, 0.1) is 7.11 Å². The molecule has 0 aliphatic carbocycles. The summed E-state index contributed by atoms with van der Waals surface area (Å²) in [7, 11) is 1.61. The zero-order valence-electron chi connectivity index (χ0n) is 12.1. The van der Waals surface area contributed by atoms with Gasteiger partial charge in [0.1, 0.15) is 12.2 Å². The minimum atomic E-state index is -0.269. The topological polar surface area (TPSA) is 67.4 Å². The van der Waals surface area contributed by atoms with Crippen LogP contribution in [0.3, 0.4) is 0 Å². The fourth-order valence-corrected chi connectivity index (χ4v) is 1.62. The number of amides is 2. The molecular formula is C15H22N2O3. The molecule has 0 saturated heterocycles. The summed E-state index contributed by atoms with van der Waals surface area (Å²) in [6.45, 7) is 3.08. The first-order chi connectivity index (χ1) is 9.65. The highest BCUT2D eigenvalue weighted by Crippen LogP contribution is 2.10. The SMILES string of the molecule is CCCCNC(=O)CC(=O)NCc1ccc(OC)cc1. The van der Waals surface area contributed by atoms with E-state index in [9.17, 15) is 9.59 Å². The molecular weight excluding hydrogens is 256 g/mol. The second-order valence-electron chi connectivity index (χ2n) is 4.51. The monoisotopic (exact) mass is 278 g/mol. The summed E-state index contributed by atoms with van der Waals surface area (Å²) >= 11 is 0. The second kappa shape index (κ2) is 8.96. The van der Waals surface area contributed by atoms with Gasteiger partial charge >= 0.3 is 0 Å². The van der Waals surface area contributed by atoms with Crippen molar-refractivity contribution in [2.45, 2.75) is 32.7 Å². The largest absolute Gasteiger partial charge is 0.497 e. The highest BCUT2D eigenvalue weighted by Gasteiger charge is 2.08. The van der Waals surface area contributed by atoms with E-state index in [2.05, 4.69) is 10.6 Å². The molecule has 1 rings (SSSR count). The zero-order chi connectivity index (χ0) is 14.8. The van der Waals surface area contributed by atoms with Gasteiger partial charge in [0, 0.05) is 13.1 Å². The highest BCUT2D eigenvalue weighted by atomic mass is 16.5. The molecule has 5 heteroatoms. The van der Waals surface area contributed by atoms with Crippen molar-refractivity contribution in [2.24, 2.45) is 0 Å². The molecule has 0 fully saturated rings. The maximum Gasteiger partial charge on any atom is 0.229 e. The molecule has 0 atom stereocenters. The number of nitrogens with one attached hydrogen (secondary N) is 2. The van der Waals surface area contributed by atoms with Gasteiger partial charge in [-0.25, -0.2) is 0 Å². The Kier molecular flexibility index (Phi) is 7.17. The van der Waals surface area contributed by atoms with Crippen molar-refractivity contribution in [3.05, 3.63) is 29.8 Å². The van der Waals surface area contributed by atoms with Gasteiger partial charge in [-0.3, -0.25) is 9.59 Å². The fourth-order valence-electron chi connectivity index (χ4n) is 1.62. The van der Waals surface area contributed by atoms with E-state index in [4.69, 9.17) is 4.74 Å². The summed E-state index contributed by atoms with van der Waals surface area (Å²) in [5.74, 6) is 0.274. The van der Waals surface area contributed by atoms with Gasteiger partial charge in [0.25, 0.3) is 0 Å². The van der Waals surface area contributed by atoms with E-state index in [0.717, 1.165) is 24.2 Å². The zero-order valence-corrected chi connectivity index (χ0v) is 12.1. The Morgan fingerprint density at radius 1 is 1.10 bits per heavy atom. The Morgan fingerprint density at radius 3 is 2.35 bits per heavy atom. The molecule has 2 N–H and O–H groups in total. The predicted molar refractivity (Wildman–Crippen MR) is 77.4 cm³/mol. The van der Waals surface area contributed by atoms with Crippen LogP contribution in [0.25, 0.3) is 0 Å². The maximum atomic E-state index is 11.6. The molecule has 0 aliphatic heterocycles. The first-order valence-corrected chi connectivity index (χ1v) is 6.82. The van der Waals surface area contributed by atoms with Crippen LogP contribution in [0.5, 0.6) is 5.75 Å². The van der Waals surface area contributed by atoms with E-state index in [1.54, 1.807) is 7.11 Å². The van der Waals surface area contributed by atoms with Crippen molar-refractivity contribution in [2.75, 3.05) is 13.7 Å². The number of benzene rings is 1. The maximum absolute atomic E-state index is 11.6. The van der Waals surface area contributed by atoms with Gasteiger partial charge in [-0.05, 0) is 24.1 Å². The molecule has 0 saturated carbocycles. The first-order valence-electron chi connectivity index (χ1n) is 6.82. The molecule has 1 aromatic rings. The minimum Gasteiger partial charge on any atom is -0.497 e. The lowest BCUT2D eigenvalue weighted by Gasteiger charge is -2.07. The summed E-state index contributed by atoms with van der Waals surface area (Å²) in [4.78, 5) is 23.0. The summed E-state index contributed by atoms with van der Waals surface area (Å²) < 4.78 is 5.05. The van der Waals surface area contributed by atoms with Gasteiger partial charge in [-0.2, -0.15) is 0 Å². The smallest absolute Gasteiger partial charge is 0.229 e. The third kappa shape index (κ3) is 6.22. The molecule has 0 radical (unpaired) electrons. The van der Waals surface area contributed by atoms with E-state index in [0.29, 0.717) is 13.1 Å². The second-order valence-corrected chi connectivity index (χ2v) is 4.51. The molecule has 1 aromatic carbocycles. The Hall–Kier alpha value is -2.04. The van der Waals surface area contributed by atoms with E-state index in [-0.39, 0.29) is 18.2 Å². The molecule has 0 aliphatic rings. The van der Waals surface area contributed by atoms with Crippen LogP contribution in [0.1, 0.15) is 31.7 Å². The third-order valence-corrected chi connectivity index (χ3v) is 2.82. The predicted octanol–water partition coefficient (Wildman–Crippen LogP) is 1.62. The average Bonchev–Trinajstić information content (AvgIpc) is 2.46. The van der Waals surface area contributed by atoms with E-state index in [1.165, 1.54) is 0 Å². The Morgan fingerprint density at radius 2 is 1.75 bits per heavy atom. The number of hydrogen-bond donors (Lipinski definition) is 2. The summed E-state index contributed by atoms with van der Waals surface area (Å²) in [6, 6.07) is 7.42. The van der Waals surface area contributed by atoms with Gasteiger partial charge in [-0.1, -0.05) is 25.5 Å². The van der Waals surface area contributed by atoms with Crippen LogP contribution in [-0.2, 0) is 16.1 Å². The van der Waals surface area contributed by atoms with E-state index < -0.39 is 0 Å². The first kappa shape index (κ1) is 16.0. The Labute approximate surface area is 119 Å². The van der Waals surface area contributed by atoms with Crippen LogP contribution < -0.4 is 15.4 Å². The fraction of sp³-hybridized carbons (Fsp3) is 0.467. The van der Waals surface area contributed by atoms with Crippen molar-refractivity contribution in [1.29, 1.82) is 0 Å². The van der Waals surface area contributed by atoms with E-state index >= 15 is 0 Å². The van der Waals surface area contributed by atoms with Crippen LogP contribution >= 0.6 is 0 Å². The van der Waals surface area contributed by atoms with E-state index in [1.807, 2.05) is 31.2 Å². The van der Waals surface area contributed by atoms with Crippen molar-refractivity contribution in [3.8, 4) is 5.75 Å². The standard InChI is InChI=1S/C15H22N2O3/c1-3-4-9-16-14(18)10-15(19)17-11-12-5-7-13(20-2)8-6-12/h5-8H,3-4,9-11H2,1-2H3,(H,16,18)(H,17,19). The molecule has 0 aromatic heterocycles. The van der Waals surface area contributed by atoms with Crippen LogP contribution in [-0.4, -0.2) is 25.5 Å². The average molecular weight is 278 g/mol. The lowest BCUT2D eigenvalue weighted by atomic mass is 10.2. The number of methoxy groups -OCH3 is 1. The number of rotatable bonds is 8. The van der Waals surface area contributed by atoms with Crippen molar-refractivity contribution in [3.63, 3.8) is 0 Å². The van der Waals surface area contributed by atoms with Crippen molar-refractivity contribution < 1.29 is 14.3 Å². The Balaban J connectivity index is 2.26. The summed E-state index contributed by atoms with van der Waals surface area (Å²) in [5, 5.41) is 5.43. The molecule has 0 spiro atoms. The summed E-state index contributed by atoms with van der Waals surface area (Å²) in [6.07, 6.45) is 1.82. The lowest BCUT2D eigenvalue weighted by molar-refractivity contribution is -0.129. The van der Waals surface area contributed by atoms with Gasteiger partial charge in [0.2, 0.25) is 11.8 Å². The van der Waals surface area contributed by atoms with Crippen LogP contribution in [0.4, 0.5) is 0 Å².